The van der Waals surface area contributed by atoms with E-state index in [1.165, 1.54) is 0 Å². The van der Waals surface area contributed by atoms with Crippen molar-refractivity contribution in [1.82, 2.24) is 10.6 Å². The van der Waals surface area contributed by atoms with Gasteiger partial charge < -0.3 is 15.0 Å². The molecule has 6 nitrogen and oxygen atoms in total. The molecule has 1 aromatic carbocycles. The summed E-state index contributed by atoms with van der Waals surface area (Å²) in [5.41, 5.74) is 1.91. The van der Waals surface area contributed by atoms with E-state index >= 15 is 0 Å². The van der Waals surface area contributed by atoms with Crippen molar-refractivity contribution in [3.8, 4) is 0 Å². The molecule has 2 aliphatic heterocycles. The van der Waals surface area contributed by atoms with Gasteiger partial charge in [0.25, 0.3) is 0 Å². The van der Waals surface area contributed by atoms with Gasteiger partial charge in [-0.15, -0.1) is 0 Å². The first-order chi connectivity index (χ1) is 9.74. The molecule has 1 aromatic rings. The van der Waals surface area contributed by atoms with E-state index in [4.69, 9.17) is 4.74 Å². The van der Waals surface area contributed by atoms with Crippen LogP contribution < -0.4 is 15.5 Å². The summed E-state index contributed by atoms with van der Waals surface area (Å²) in [6, 6.07) is 7.78. The Morgan fingerprint density at radius 2 is 1.90 bits per heavy atom. The lowest BCUT2D eigenvalue weighted by Gasteiger charge is -2.32. The number of amides is 2. The Labute approximate surface area is 117 Å². The summed E-state index contributed by atoms with van der Waals surface area (Å²) in [5, 5.41) is 5.61. The second kappa shape index (κ2) is 5.60. The van der Waals surface area contributed by atoms with Crippen LogP contribution in [0, 0.1) is 0 Å². The Balaban J connectivity index is 1.88. The first kappa shape index (κ1) is 13.1. The first-order valence-corrected chi connectivity index (χ1v) is 6.73. The minimum Gasteiger partial charge on any atom is -0.371 e. The van der Waals surface area contributed by atoms with Crippen LogP contribution in [0.1, 0.15) is 11.7 Å². The molecule has 2 saturated heterocycles. The molecule has 2 N–H and O–H groups in total. The average molecular weight is 275 g/mol. The largest absolute Gasteiger partial charge is 0.371 e. The van der Waals surface area contributed by atoms with Crippen molar-refractivity contribution in [2.24, 2.45) is 0 Å². The van der Waals surface area contributed by atoms with Crippen molar-refractivity contribution in [1.29, 1.82) is 0 Å². The predicted molar refractivity (Wildman–Crippen MR) is 73.4 cm³/mol. The summed E-state index contributed by atoms with van der Waals surface area (Å²) in [5.74, 6) is -0.530. The fraction of sp³-hybridized carbons (Fsp3) is 0.429. The monoisotopic (exact) mass is 275 g/mol. The number of hydrogen-bond acceptors (Lipinski definition) is 5. The van der Waals surface area contributed by atoms with E-state index in [1.54, 1.807) is 4.90 Å². The van der Waals surface area contributed by atoms with Gasteiger partial charge in [0, 0.05) is 24.3 Å². The van der Waals surface area contributed by atoms with Crippen LogP contribution in [-0.2, 0) is 14.3 Å². The summed E-state index contributed by atoms with van der Waals surface area (Å²) in [7, 11) is 0. The number of anilines is 1. The second-order valence-electron chi connectivity index (χ2n) is 4.95. The molecule has 6 heteroatoms. The molecule has 1 atom stereocenters. The van der Waals surface area contributed by atoms with E-state index < -0.39 is 0 Å². The molecule has 0 bridgehead atoms. The zero-order valence-electron chi connectivity index (χ0n) is 11.1. The van der Waals surface area contributed by atoms with Gasteiger partial charge in [-0.05, 0) is 6.07 Å². The minimum atomic E-state index is -0.265. The van der Waals surface area contributed by atoms with Crippen molar-refractivity contribution in [2.75, 3.05) is 37.7 Å². The number of hydrogen-bond donors (Lipinski definition) is 2. The van der Waals surface area contributed by atoms with Crippen LogP contribution in [0.25, 0.3) is 0 Å². The third kappa shape index (κ3) is 2.66. The van der Waals surface area contributed by atoms with Crippen LogP contribution in [-0.4, -0.2) is 44.6 Å². The van der Waals surface area contributed by atoms with Crippen molar-refractivity contribution in [3.63, 3.8) is 0 Å². The second-order valence-corrected chi connectivity index (χ2v) is 4.95. The van der Waals surface area contributed by atoms with Crippen LogP contribution in [0.15, 0.2) is 24.3 Å². The fourth-order valence-corrected chi connectivity index (χ4v) is 2.62. The van der Waals surface area contributed by atoms with Gasteiger partial charge in [-0.2, -0.15) is 0 Å². The molecule has 20 heavy (non-hydrogen) atoms. The number of carbonyl (C=O) groups is 2. The predicted octanol–water partition coefficient (Wildman–Crippen LogP) is -0.190. The van der Waals surface area contributed by atoms with Crippen LogP contribution >= 0.6 is 0 Å². The topological polar surface area (TPSA) is 70.7 Å². The van der Waals surface area contributed by atoms with Crippen LogP contribution in [0.4, 0.5) is 5.69 Å². The highest BCUT2D eigenvalue weighted by atomic mass is 16.5. The van der Waals surface area contributed by atoms with Crippen molar-refractivity contribution < 1.29 is 14.3 Å². The van der Waals surface area contributed by atoms with Gasteiger partial charge in [-0.25, -0.2) is 0 Å². The van der Waals surface area contributed by atoms with Gasteiger partial charge in [-0.1, -0.05) is 18.2 Å². The Bertz CT molecular complexity index is 510. The van der Waals surface area contributed by atoms with Gasteiger partial charge in [0.1, 0.15) is 0 Å². The minimum absolute atomic E-state index is 0.0416. The highest BCUT2D eigenvalue weighted by Gasteiger charge is 2.27. The number of nitrogens with one attached hydrogen (secondary N) is 2. The number of carbonyl (C=O) groups excluding carboxylic acids is 2. The summed E-state index contributed by atoms with van der Waals surface area (Å²) >= 11 is 0. The number of rotatable bonds is 2. The first-order valence-electron chi connectivity index (χ1n) is 6.73. The molecular formula is C14H17N3O3. The number of piperazine rings is 1. The highest BCUT2D eigenvalue weighted by molar-refractivity contribution is 6.02. The highest BCUT2D eigenvalue weighted by Crippen LogP contribution is 2.29. The van der Waals surface area contributed by atoms with Crippen molar-refractivity contribution >= 4 is 17.5 Å². The number of benzene rings is 1. The van der Waals surface area contributed by atoms with Crippen LogP contribution in [0.2, 0.25) is 0 Å². The van der Waals surface area contributed by atoms with Crippen molar-refractivity contribution in [2.45, 2.75) is 6.10 Å². The van der Waals surface area contributed by atoms with E-state index in [0.717, 1.165) is 24.3 Å². The smallest absolute Gasteiger partial charge is 0.246 e. The molecule has 0 aromatic heterocycles. The third-order valence-electron chi connectivity index (χ3n) is 3.50. The molecule has 0 aliphatic carbocycles. The van der Waals surface area contributed by atoms with Gasteiger partial charge >= 0.3 is 0 Å². The zero-order valence-corrected chi connectivity index (χ0v) is 11.1. The Kier molecular flexibility index (Phi) is 3.66. The van der Waals surface area contributed by atoms with Crippen LogP contribution in [0.5, 0.6) is 0 Å². The molecule has 3 rings (SSSR count). The molecule has 2 aliphatic rings. The summed E-state index contributed by atoms with van der Waals surface area (Å²) in [6.45, 7) is 2.65. The van der Waals surface area contributed by atoms with Crippen molar-refractivity contribution in [3.05, 3.63) is 29.8 Å². The third-order valence-corrected chi connectivity index (χ3v) is 3.50. The Morgan fingerprint density at radius 1 is 1.15 bits per heavy atom. The van der Waals surface area contributed by atoms with E-state index in [1.807, 2.05) is 24.3 Å². The Hall–Kier alpha value is -1.92. The molecule has 0 radical (unpaired) electrons. The number of morpholine rings is 1. The quantitative estimate of drug-likeness (QED) is 0.732. The van der Waals surface area contributed by atoms with Gasteiger partial charge in [0.05, 0.1) is 25.8 Å². The lowest BCUT2D eigenvalue weighted by atomic mass is 10.0. The number of para-hydroxylation sites is 1. The van der Waals surface area contributed by atoms with Gasteiger partial charge in [0.2, 0.25) is 11.8 Å². The lowest BCUT2D eigenvalue weighted by molar-refractivity contribution is -0.130. The lowest BCUT2D eigenvalue weighted by Crippen LogP contribution is -2.52. The standard InChI is InChI=1S/C14H17N3O3/c18-13-8-17(9-14(19)16-13)11-4-2-1-3-10(11)12-7-15-5-6-20-12/h1-4,12,15H,5-9H2,(H,16,18,19). The maximum Gasteiger partial charge on any atom is 0.246 e. The summed E-state index contributed by atoms with van der Waals surface area (Å²) in [4.78, 5) is 24.9. The molecule has 1 unspecified atom stereocenters. The van der Waals surface area contributed by atoms with E-state index in [2.05, 4.69) is 10.6 Å². The summed E-state index contributed by atoms with van der Waals surface area (Å²) < 4.78 is 5.77. The number of ether oxygens (including phenoxy) is 1. The molecule has 2 heterocycles. The zero-order chi connectivity index (χ0) is 13.9. The fourth-order valence-electron chi connectivity index (χ4n) is 2.62. The maximum absolute atomic E-state index is 11.5. The SMILES string of the molecule is O=C1CN(c2ccccc2C2CNCCO2)CC(=O)N1. The molecule has 2 amide bonds. The van der Waals surface area contributed by atoms with Crippen LogP contribution in [0.3, 0.4) is 0 Å². The molecule has 106 valence electrons. The number of imide groups is 1. The number of nitrogens with zero attached hydrogens (tertiary/aromatic N) is 1. The van der Waals surface area contributed by atoms with E-state index in [0.29, 0.717) is 6.61 Å². The van der Waals surface area contributed by atoms with Gasteiger partial charge in [-0.3, -0.25) is 14.9 Å². The van der Waals surface area contributed by atoms with Gasteiger partial charge in [0.15, 0.2) is 0 Å². The maximum atomic E-state index is 11.5. The average Bonchev–Trinajstić information content (AvgIpc) is 2.47. The van der Waals surface area contributed by atoms with E-state index in [9.17, 15) is 9.59 Å². The van der Waals surface area contributed by atoms with E-state index in [-0.39, 0.29) is 31.0 Å². The Morgan fingerprint density at radius 3 is 2.60 bits per heavy atom. The molecule has 0 spiro atoms. The molecule has 2 fully saturated rings. The normalized spacial score (nSPS) is 23.6. The molecular weight excluding hydrogens is 258 g/mol. The molecule has 0 saturated carbocycles. The summed E-state index contributed by atoms with van der Waals surface area (Å²) in [6.07, 6.45) is -0.0416.